The molecule has 1 aliphatic rings. The summed E-state index contributed by atoms with van der Waals surface area (Å²) in [4.78, 5) is 2.37. The van der Waals surface area contributed by atoms with Gasteiger partial charge in [0.2, 0.25) is 0 Å². The second-order valence-corrected chi connectivity index (χ2v) is 5.24. The van der Waals surface area contributed by atoms with Crippen molar-refractivity contribution in [1.29, 1.82) is 0 Å². The summed E-state index contributed by atoms with van der Waals surface area (Å²) in [5, 5.41) is 9.99. The van der Waals surface area contributed by atoms with Crippen molar-refractivity contribution in [3.63, 3.8) is 0 Å². The van der Waals surface area contributed by atoms with Gasteiger partial charge >= 0.3 is 0 Å². The molecule has 0 bridgehead atoms. The van der Waals surface area contributed by atoms with Gasteiger partial charge in [-0.05, 0) is 37.8 Å². The third-order valence-corrected chi connectivity index (χ3v) is 3.81. The number of methoxy groups -OCH3 is 1. The maximum atomic E-state index is 9.99. The summed E-state index contributed by atoms with van der Waals surface area (Å²) < 4.78 is 5.37. The Balaban J connectivity index is 2.32. The van der Waals surface area contributed by atoms with E-state index in [0.717, 1.165) is 36.0 Å². The van der Waals surface area contributed by atoms with Crippen molar-refractivity contribution in [2.45, 2.75) is 32.8 Å². The molecule has 18 heavy (non-hydrogen) atoms. The van der Waals surface area contributed by atoms with E-state index in [1.165, 1.54) is 12.8 Å². The van der Waals surface area contributed by atoms with E-state index in [0.29, 0.717) is 0 Å². The highest BCUT2D eigenvalue weighted by Crippen LogP contribution is 2.36. The van der Waals surface area contributed by atoms with E-state index in [9.17, 15) is 5.11 Å². The van der Waals surface area contributed by atoms with E-state index in [2.05, 4.69) is 17.9 Å². The molecular formula is C15H23NO2. The van der Waals surface area contributed by atoms with Crippen molar-refractivity contribution >= 4 is 5.69 Å². The van der Waals surface area contributed by atoms with Crippen molar-refractivity contribution in [2.75, 3.05) is 25.1 Å². The van der Waals surface area contributed by atoms with Gasteiger partial charge in [-0.25, -0.2) is 0 Å². The second-order valence-electron chi connectivity index (χ2n) is 5.24. The molecule has 1 aliphatic heterocycles. The highest BCUT2D eigenvalue weighted by molar-refractivity contribution is 5.60. The van der Waals surface area contributed by atoms with E-state index in [1.54, 1.807) is 14.0 Å². The van der Waals surface area contributed by atoms with Crippen LogP contribution in [0.15, 0.2) is 18.2 Å². The second kappa shape index (κ2) is 5.61. The Bertz CT molecular complexity index is 395. The Kier molecular flexibility index (Phi) is 4.12. The fraction of sp³-hybridized carbons (Fsp3) is 0.600. The molecule has 1 saturated heterocycles. The van der Waals surface area contributed by atoms with Gasteiger partial charge < -0.3 is 14.7 Å². The summed E-state index contributed by atoms with van der Waals surface area (Å²) in [6.07, 6.45) is 1.93. The number of ether oxygens (including phenoxy) is 1. The van der Waals surface area contributed by atoms with Gasteiger partial charge in [0.1, 0.15) is 5.75 Å². The van der Waals surface area contributed by atoms with Crippen molar-refractivity contribution < 1.29 is 9.84 Å². The first kappa shape index (κ1) is 13.2. The number of piperidine rings is 1. The van der Waals surface area contributed by atoms with Gasteiger partial charge in [0.15, 0.2) is 0 Å². The summed E-state index contributed by atoms with van der Waals surface area (Å²) >= 11 is 0. The Morgan fingerprint density at radius 3 is 2.56 bits per heavy atom. The summed E-state index contributed by atoms with van der Waals surface area (Å²) in [6, 6.07) is 6.00. The van der Waals surface area contributed by atoms with Crippen LogP contribution < -0.4 is 9.64 Å². The van der Waals surface area contributed by atoms with Gasteiger partial charge in [-0.15, -0.1) is 0 Å². The number of benzene rings is 1. The van der Waals surface area contributed by atoms with Gasteiger partial charge in [-0.3, -0.25) is 0 Å². The van der Waals surface area contributed by atoms with E-state index in [1.807, 2.05) is 12.1 Å². The van der Waals surface area contributed by atoms with E-state index in [4.69, 9.17) is 4.74 Å². The predicted octanol–water partition coefficient (Wildman–Crippen LogP) is 2.98. The number of hydrogen-bond donors (Lipinski definition) is 1. The van der Waals surface area contributed by atoms with Crippen LogP contribution in [-0.4, -0.2) is 25.3 Å². The lowest BCUT2D eigenvalue weighted by Gasteiger charge is -2.34. The van der Waals surface area contributed by atoms with Crippen LogP contribution in [0, 0.1) is 5.92 Å². The molecule has 2 rings (SSSR count). The van der Waals surface area contributed by atoms with Gasteiger partial charge in [0.05, 0.1) is 13.2 Å². The minimum atomic E-state index is -0.504. The zero-order valence-corrected chi connectivity index (χ0v) is 11.5. The zero-order valence-electron chi connectivity index (χ0n) is 11.5. The lowest BCUT2D eigenvalue weighted by molar-refractivity contribution is 0.194. The average Bonchev–Trinajstić information content (AvgIpc) is 2.38. The molecule has 3 heteroatoms. The molecular weight excluding hydrogens is 226 g/mol. The number of hydrogen-bond acceptors (Lipinski definition) is 3. The molecule has 1 fully saturated rings. The summed E-state index contributed by atoms with van der Waals surface area (Å²) in [6.45, 7) is 6.23. The molecule has 0 aromatic heterocycles. The molecule has 0 aliphatic carbocycles. The van der Waals surface area contributed by atoms with Gasteiger partial charge in [-0.1, -0.05) is 13.0 Å². The molecule has 0 spiro atoms. The molecule has 0 amide bonds. The molecule has 1 unspecified atom stereocenters. The summed E-state index contributed by atoms with van der Waals surface area (Å²) in [7, 11) is 1.66. The van der Waals surface area contributed by atoms with Crippen LogP contribution >= 0.6 is 0 Å². The summed E-state index contributed by atoms with van der Waals surface area (Å²) in [5.74, 6) is 1.59. The molecule has 1 aromatic carbocycles. The van der Waals surface area contributed by atoms with Crippen LogP contribution in [0.1, 0.15) is 38.4 Å². The predicted molar refractivity (Wildman–Crippen MR) is 74.2 cm³/mol. The maximum Gasteiger partial charge on any atom is 0.126 e. The quantitative estimate of drug-likeness (QED) is 0.894. The zero-order chi connectivity index (χ0) is 13.1. The minimum Gasteiger partial charge on any atom is -0.496 e. The molecule has 0 radical (unpaired) electrons. The first-order chi connectivity index (χ1) is 8.63. The maximum absolute atomic E-state index is 9.99. The third kappa shape index (κ3) is 2.61. The Hall–Kier alpha value is -1.22. The van der Waals surface area contributed by atoms with E-state index in [-0.39, 0.29) is 0 Å². The number of anilines is 1. The highest BCUT2D eigenvalue weighted by Gasteiger charge is 2.22. The number of aliphatic hydroxyl groups excluding tert-OH is 1. The number of rotatable bonds is 3. The number of nitrogens with zero attached hydrogens (tertiary/aromatic N) is 1. The third-order valence-electron chi connectivity index (χ3n) is 3.81. The highest BCUT2D eigenvalue weighted by atomic mass is 16.5. The van der Waals surface area contributed by atoms with Crippen LogP contribution in [0.5, 0.6) is 5.75 Å². The topological polar surface area (TPSA) is 32.7 Å². The summed E-state index contributed by atoms with van der Waals surface area (Å²) in [5.41, 5.74) is 2.03. The van der Waals surface area contributed by atoms with Crippen molar-refractivity contribution in [2.24, 2.45) is 5.92 Å². The van der Waals surface area contributed by atoms with Crippen LogP contribution in [0.2, 0.25) is 0 Å². The van der Waals surface area contributed by atoms with Gasteiger partial charge in [0.25, 0.3) is 0 Å². The van der Waals surface area contributed by atoms with E-state index >= 15 is 0 Å². The lowest BCUT2D eigenvalue weighted by Crippen LogP contribution is -2.33. The van der Waals surface area contributed by atoms with Crippen LogP contribution in [0.25, 0.3) is 0 Å². The van der Waals surface area contributed by atoms with Crippen molar-refractivity contribution in [3.05, 3.63) is 23.8 Å². The SMILES string of the molecule is COc1cccc(N2CCC(C)CC2)c1C(C)O. The fourth-order valence-corrected chi connectivity index (χ4v) is 2.66. The molecule has 3 nitrogen and oxygen atoms in total. The van der Waals surface area contributed by atoms with Crippen molar-refractivity contribution in [1.82, 2.24) is 0 Å². The smallest absolute Gasteiger partial charge is 0.126 e. The van der Waals surface area contributed by atoms with Crippen LogP contribution in [0.3, 0.4) is 0 Å². The molecule has 0 saturated carbocycles. The first-order valence-electron chi connectivity index (χ1n) is 6.73. The largest absolute Gasteiger partial charge is 0.496 e. The molecule has 1 N–H and O–H groups in total. The van der Waals surface area contributed by atoms with Gasteiger partial charge in [-0.2, -0.15) is 0 Å². The monoisotopic (exact) mass is 249 g/mol. The molecule has 100 valence electrons. The Morgan fingerprint density at radius 1 is 1.33 bits per heavy atom. The van der Waals surface area contributed by atoms with Gasteiger partial charge in [0, 0.05) is 24.3 Å². The number of aliphatic hydroxyl groups is 1. The molecule has 1 aromatic rings. The molecule has 1 atom stereocenters. The standard InChI is InChI=1S/C15H23NO2/c1-11-7-9-16(10-8-11)13-5-4-6-14(18-3)15(13)12(2)17/h4-6,11-12,17H,7-10H2,1-3H3. The van der Waals surface area contributed by atoms with Crippen LogP contribution in [-0.2, 0) is 0 Å². The average molecular weight is 249 g/mol. The van der Waals surface area contributed by atoms with Crippen molar-refractivity contribution in [3.8, 4) is 5.75 Å². The fourth-order valence-electron chi connectivity index (χ4n) is 2.66. The Morgan fingerprint density at radius 2 is 2.00 bits per heavy atom. The van der Waals surface area contributed by atoms with Crippen LogP contribution in [0.4, 0.5) is 5.69 Å². The normalized spacial score (nSPS) is 18.8. The first-order valence-corrected chi connectivity index (χ1v) is 6.73. The molecule has 1 heterocycles. The Labute approximate surface area is 109 Å². The van der Waals surface area contributed by atoms with E-state index < -0.39 is 6.10 Å². The minimum absolute atomic E-state index is 0.504. The lowest BCUT2D eigenvalue weighted by atomic mass is 9.97.